The van der Waals surface area contributed by atoms with Gasteiger partial charge in [0.15, 0.2) is 0 Å². The number of hydrogen-bond acceptors (Lipinski definition) is 4. The molecule has 0 aliphatic rings. The van der Waals surface area contributed by atoms with Crippen molar-refractivity contribution in [1.29, 1.82) is 0 Å². The van der Waals surface area contributed by atoms with Crippen molar-refractivity contribution in [2.75, 3.05) is 10.6 Å². The number of carbonyl (C=O) groups excluding carboxylic acids is 2. The number of anilines is 2. The molecular weight excluding hydrogens is 360 g/mol. The molecule has 0 saturated heterocycles. The first-order valence-electron chi connectivity index (χ1n) is 8.20. The number of hydrogen-bond donors (Lipinski definition) is 3. The standard InChI is InChI=1S/C20H18N4O2S/c21-20(26)24-17-5-3-15(4-6-17)19(25)23-16-7-9-18(10-8-16)27-13-14-2-1-11-22-12-14/h1-12H,13H2,(H,23,25)(H3,21,24,26). The summed E-state index contributed by atoms with van der Waals surface area (Å²) >= 11 is 1.71. The maximum atomic E-state index is 12.3. The van der Waals surface area contributed by atoms with E-state index in [9.17, 15) is 9.59 Å². The van der Waals surface area contributed by atoms with Crippen LogP contribution >= 0.6 is 11.8 Å². The lowest BCUT2D eigenvalue weighted by Gasteiger charge is -2.08. The minimum Gasteiger partial charge on any atom is -0.351 e. The highest BCUT2D eigenvalue weighted by atomic mass is 32.2. The van der Waals surface area contributed by atoms with Gasteiger partial charge in [0.05, 0.1) is 0 Å². The van der Waals surface area contributed by atoms with Crippen molar-refractivity contribution in [3.63, 3.8) is 0 Å². The van der Waals surface area contributed by atoms with E-state index in [0.29, 0.717) is 16.9 Å². The van der Waals surface area contributed by atoms with Crippen LogP contribution in [0.15, 0.2) is 78.0 Å². The van der Waals surface area contributed by atoms with Gasteiger partial charge in [0.1, 0.15) is 0 Å². The number of rotatable bonds is 6. The number of benzene rings is 2. The topological polar surface area (TPSA) is 97.1 Å². The van der Waals surface area contributed by atoms with Gasteiger partial charge in [-0.2, -0.15) is 0 Å². The third-order valence-corrected chi connectivity index (χ3v) is 4.74. The van der Waals surface area contributed by atoms with E-state index in [-0.39, 0.29) is 5.91 Å². The predicted octanol–water partition coefficient (Wildman–Crippen LogP) is 4.12. The van der Waals surface area contributed by atoms with E-state index >= 15 is 0 Å². The molecule has 0 aliphatic carbocycles. The minimum absolute atomic E-state index is 0.226. The second-order valence-electron chi connectivity index (χ2n) is 5.70. The summed E-state index contributed by atoms with van der Waals surface area (Å²) in [6, 6.07) is 17.5. The van der Waals surface area contributed by atoms with Gasteiger partial charge in [0.25, 0.3) is 5.91 Å². The van der Waals surface area contributed by atoms with E-state index in [0.717, 1.165) is 16.2 Å². The number of nitrogens with two attached hydrogens (primary N) is 1. The van der Waals surface area contributed by atoms with Gasteiger partial charge in [-0.3, -0.25) is 9.78 Å². The van der Waals surface area contributed by atoms with E-state index in [1.807, 2.05) is 42.6 Å². The van der Waals surface area contributed by atoms with Gasteiger partial charge in [-0.15, -0.1) is 11.8 Å². The Bertz CT molecular complexity index is 913. The first-order chi connectivity index (χ1) is 13.1. The van der Waals surface area contributed by atoms with Crippen LogP contribution < -0.4 is 16.4 Å². The normalized spacial score (nSPS) is 10.2. The molecule has 3 rings (SSSR count). The van der Waals surface area contributed by atoms with E-state index in [4.69, 9.17) is 5.73 Å². The van der Waals surface area contributed by atoms with E-state index < -0.39 is 6.03 Å². The Hall–Kier alpha value is -3.32. The second kappa shape index (κ2) is 8.86. The van der Waals surface area contributed by atoms with Crippen LogP contribution in [0.3, 0.4) is 0 Å². The smallest absolute Gasteiger partial charge is 0.316 e. The monoisotopic (exact) mass is 378 g/mol. The molecule has 7 heteroatoms. The minimum atomic E-state index is -0.645. The predicted molar refractivity (Wildman–Crippen MR) is 108 cm³/mol. The van der Waals surface area contributed by atoms with Crippen molar-refractivity contribution in [3.05, 3.63) is 84.2 Å². The zero-order valence-corrected chi connectivity index (χ0v) is 15.2. The first kappa shape index (κ1) is 18.5. The maximum Gasteiger partial charge on any atom is 0.316 e. The second-order valence-corrected chi connectivity index (χ2v) is 6.74. The number of primary amides is 1. The molecule has 0 bridgehead atoms. The number of urea groups is 1. The molecule has 0 spiro atoms. The lowest BCUT2D eigenvalue weighted by molar-refractivity contribution is 0.102. The van der Waals surface area contributed by atoms with Gasteiger partial charge in [0, 0.05) is 40.0 Å². The average Bonchev–Trinajstić information content (AvgIpc) is 2.68. The molecular formula is C20H18N4O2S. The van der Waals surface area contributed by atoms with Crippen LogP contribution in [-0.4, -0.2) is 16.9 Å². The number of thioether (sulfide) groups is 1. The summed E-state index contributed by atoms with van der Waals surface area (Å²) in [5.74, 6) is 0.613. The van der Waals surface area contributed by atoms with E-state index in [1.165, 1.54) is 0 Å². The zero-order chi connectivity index (χ0) is 19.1. The third kappa shape index (κ3) is 5.58. The highest BCUT2D eigenvalue weighted by Gasteiger charge is 2.07. The molecule has 6 nitrogen and oxygen atoms in total. The van der Waals surface area contributed by atoms with E-state index in [2.05, 4.69) is 15.6 Å². The number of pyridine rings is 1. The summed E-state index contributed by atoms with van der Waals surface area (Å²) in [7, 11) is 0. The number of carbonyl (C=O) groups is 2. The highest BCUT2D eigenvalue weighted by Crippen LogP contribution is 2.24. The summed E-state index contributed by atoms with van der Waals surface area (Å²) in [5.41, 5.74) is 7.95. The number of nitrogens with zero attached hydrogens (tertiary/aromatic N) is 1. The lowest BCUT2D eigenvalue weighted by atomic mass is 10.2. The lowest BCUT2D eigenvalue weighted by Crippen LogP contribution is -2.19. The summed E-state index contributed by atoms with van der Waals surface area (Å²) in [5, 5.41) is 5.30. The molecule has 0 saturated carbocycles. The Labute approximate surface area is 161 Å². The van der Waals surface area contributed by atoms with Crippen LogP contribution in [0.2, 0.25) is 0 Å². The largest absolute Gasteiger partial charge is 0.351 e. The van der Waals surface area contributed by atoms with Crippen LogP contribution in [0.25, 0.3) is 0 Å². The molecule has 3 amide bonds. The fourth-order valence-electron chi connectivity index (χ4n) is 2.34. The molecule has 2 aromatic carbocycles. The molecule has 4 N–H and O–H groups in total. The fraction of sp³-hybridized carbons (Fsp3) is 0.0500. The Balaban J connectivity index is 1.55. The molecule has 0 radical (unpaired) electrons. The van der Waals surface area contributed by atoms with Crippen LogP contribution in [-0.2, 0) is 5.75 Å². The van der Waals surface area contributed by atoms with Gasteiger partial charge in [0.2, 0.25) is 0 Å². The van der Waals surface area contributed by atoms with Crippen molar-refractivity contribution in [3.8, 4) is 0 Å². The van der Waals surface area contributed by atoms with Crippen molar-refractivity contribution in [2.24, 2.45) is 5.73 Å². The van der Waals surface area contributed by atoms with Gasteiger partial charge < -0.3 is 16.4 Å². The summed E-state index contributed by atoms with van der Waals surface area (Å²) < 4.78 is 0. The quantitative estimate of drug-likeness (QED) is 0.562. The summed E-state index contributed by atoms with van der Waals surface area (Å²) in [4.78, 5) is 28.3. The van der Waals surface area contributed by atoms with Crippen molar-refractivity contribution in [2.45, 2.75) is 10.6 Å². The van der Waals surface area contributed by atoms with Crippen LogP contribution in [0.4, 0.5) is 16.2 Å². The molecule has 1 heterocycles. The average molecular weight is 378 g/mol. The molecule has 3 aromatic rings. The molecule has 0 aliphatic heterocycles. The Morgan fingerprint density at radius 2 is 1.59 bits per heavy atom. The SMILES string of the molecule is NC(=O)Nc1ccc(C(=O)Nc2ccc(SCc3cccnc3)cc2)cc1. The zero-order valence-electron chi connectivity index (χ0n) is 14.4. The van der Waals surface area contributed by atoms with Gasteiger partial charge in [-0.05, 0) is 60.2 Å². The molecule has 136 valence electrons. The number of nitrogens with one attached hydrogen (secondary N) is 2. The molecule has 0 atom stereocenters. The Kier molecular flexibility index (Phi) is 6.06. The highest BCUT2D eigenvalue weighted by molar-refractivity contribution is 7.98. The van der Waals surface area contributed by atoms with E-state index in [1.54, 1.807) is 42.2 Å². The molecule has 1 aromatic heterocycles. The van der Waals surface area contributed by atoms with Crippen molar-refractivity contribution < 1.29 is 9.59 Å². The molecule has 0 fully saturated rings. The number of aromatic nitrogens is 1. The van der Waals surface area contributed by atoms with Crippen molar-refractivity contribution in [1.82, 2.24) is 4.98 Å². The molecule has 27 heavy (non-hydrogen) atoms. The van der Waals surface area contributed by atoms with Crippen LogP contribution in [0.5, 0.6) is 0 Å². The van der Waals surface area contributed by atoms with Crippen LogP contribution in [0, 0.1) is 0 Å². The summed E-state index contributed by atoms with van der Waals surface area (Å²) in [6.07, 6.45) is 3.61. The van der Waals surface area contributed by atoms with Gasteiger partial charge in [-0.25, -0.2) is 4.79 Å². The Morgan fingerprint density at radius 1 is 0.926 bits per heavy atom. The maximum absolute atomic E-state index is 12.3. The molecule has 0 unspecified atom stereocenters. The summed E-state index contributed by atoms with van der Waals surface area (Å²) in [6.45, 7) is 0. The Morgan fingerprint density at radius 3 is 2.22 bits per heavy atom. The van der Waals surface area contributed by atoms with Gasteiger partial charge >= 0.3 is 6.03 Å². The fourth-order valence-corrected chi connectivity index (χ4v) is 3.17. The van der Waals surface area contributed by atoms with Crippen LogP contribution in [0.1, 0.15) is 15.9 Å². The van der Waals surface area contributed by atoms with Crippen molar-refractivity contribution >= 4 is 35.1 Å². The third-order valence-electron chi connectivity index (χ3n) is 3.66. The number of amides is 3. The first-order valence-corrected chi connectivity index (χ1v) is 9.18. The van der Waals surface area contributed by atoms with Gasteiger partial charge in [-0.1, -0.05) is 6.07 Å².